The second-order valence-corrected chi connectivity index (χ2v) is 10.9. The normalized spacial score (nSPS) is 11.3. The van der Waals surface area contributed by atoms with Crippen LogP contribution in [-0.4, -0.2) is 9.80 Å². The number of hydrogen-bond donors (Lipinski definition) is 0. The van der Waals surface area contributed by atoms with Gasteiger partial charge in [0.1, 0.15) is 0 Å². The van der Waals surface area contributed by atoms with Gasteiger partial charge in [-0.05, 0) is 58.4 Å². The Kier molecular flexibility index (Phi) is 9.58. The molecule has 0 saturated heterocycles. The summed E-state index contributed by atoms with van der Waals surface area (Å²) in [6.07, 6.45) is 0. The van der Waals surface area contributed by atoms with E-state index < -0.39 is 0 Å². The van der Waals surface area contributed by atoms with E-state index in [4.69, 9.17) is 0 Å². The predicted octanol–water partition coefficient (Wildman–Crippen LogP) is 8.71. The van der Waals surface area contributed by atoms with Crippen molar-refractivity contribution in [3.05, 3.63) is 178 Å². The molecule has 0 aromatic heterocycles. The van der Waals surface area contributed by atoms with Crippen LogP contribution < -0.4 is 0 Å². The van der Waals surface area contributed by atoms with Gasteiger partial charge in [0.05, 0.1) is 0 Å². The average molecular weight is 525 g/mol. The number of nitrogens with zero attached hydrogens (tertiary/aromatic N) is 2. The van der Waals surface area contributed by atoms with E-state index in [1.54, 1.807) is 0 Å². The van der Waals surface area contributed by atoms with Crippen molar-refractivity contribution < 1.29 is 0 Å². The van der Waals surface area contributed by atoms with Gasteiger partial charge in [-0.25, -0.2) is 0 Å². The van der Waals surface area contributed by atoms with Crippen LogP contribution in [0.25, 0.3) is 0 Å². The summed E-state index contributed by atoms with van der Waals surface area (Å²) >= 11 is 0. The van der Waals surface area contributed by atoms with E-state index in [1.807, 2.05) is 0 Å². The lowest BCUT2D eigenvalue weighted by Crippen LogP contribution is -2.24. The molecule has 0 aliphatic rings. The maximum Gasteiger partial charge on any atom is 0.0243 e. The first-order valence-corrected chi connectivity index (χ1v) is 14.3. The Morgan fingerprint density at radius 3 is 0.850 bits per heavy atom. The van der Waals surface area contributed by atoms with Crippen LogP contribution in [0, 0.1) is 13.8 Å². The standard InChI is InChI=1S/C38H40N2/c1-31-23-38(30-40(27-35-19-11-5-12-20-35)28-36-21-13-6-14-22-36)32(2)24-37(31)29-39(25-33-15-7-3-8-16-33)26-34-17-9-4-10-18-34/h3-24H,25-30H2,1-2H3. The fraction of sp³-hybridized carbons (Fsp3) is 0.211. The van der Waals surface area contributed by atoms with E-state index in [0.29, 0.717) is 0 Å². The maximum atomic E-state index is 2.56. The fourth-order valence-corrected chi connectivity index (χ4v) is 5.46. The van der Waals surface area contributed by atoms with E-state index in [0.717, 1.165) is 39.3 Å². The van der Waals surface area contributed by atoms with Gasteiger partial charge in [-0.15, -0.1) is 0 Å². The first-order chi connectivity index (χ1) is 19.6. The van der Waals surface area contributed by atoms with Crippen LogP contribution in [-0.2, 0) is 39.3 Å². The summed E-state index contributed by atoms with van der Waals surface area (Å²) in [6, 6.07) is 48.2. The maximum absolute atomic E-state index is 2.56. The molecule has 0 heterocycles. The third-order valence-electron chi connectivity index (χ3n) is 7.58. The highest BCUT2D eigenvalue weighted by Crippen LogP contribution is 2.23. The highest BCUT2D eigenvalue weighted by atomic mass is 15.1. The minimum Gasteiger partial charge on any atom is -0.291 e. The summed E-state index contributed by atoms with van der Waals surface area (Å²) in [5.41, 5.74) is 10.9. The summed E-state index contributed by atoms with van der Waals surface area (Å²) in [4.78, 5) is 5.12. The van der Waals surface area contributed by atoms with E-state index >= 15 is 0 Å². The molecule has 0 amide bonds. The van der Waals surface area contributed by atoms with Crippen molar-refractivity contribution in [1.82, 2.24) is 9.80 Å². The van der Waals surface area contributed by atoms with Crippen molar-refractivity contribution in [3.8, 4) is 0 Å². The molecule has 0 N–H and O–H groups in total. The van der Waals surface area contributed by atoms with Gasteiger partial charge in [0.2, 0.25) is 0 Å². The van der Waals surface area contributed by atoms with Gasteiger partial charge >= 0.3 is 0 Å². The summed E-state index contributed by atoms with van der Waals surface area (Å²) < 4.78 is 0. The zero-order valence-electron chi connectivity index (χ0n) is 23.8. The highest BCUT2D eigenvalue weighted by molar-refractivity contribution is 5.37. The molecule has 5 rings (SSSR count). The van der Waals surface area contributed by atoms with Crippen LogP contribution in [0.2, 0.25) is 0 Å². The Bertz CT molecular complexity index is 1250. The monoisotopic (exact) mass is 524 g/mol. The molecule has 5 aromatic carbocycles. The van der Waals surface area contributed by atoms with Crippen molar-refractivity contribution in [1.29, 1.82) is 0 Å². The third-order valence-corrected chi connectivity index (χ3v) is 7.58. The Labute approximate surface area is 240 Å². The lowest BCUT2D eigenvalue weighted by atomic mass is 9.98. The van der Waals surface area contributed by atoms with Crippen molar-refractivity contribution in [3.63, 3.8) is 0 Å². The Hall–Kier alpha value is -3.98. The molecule has 2 heteroatoms. The van der Waals surface area contributed by atoms with Gasteiger partial charge in [-0.2, -0.15) is 0 Å². The molecule has 5 aromatic rings. The highest BCUT2D eigenvalue weighted by Gasteiger charge is 2.15. The predicted molar refractivity (Wildman–Crippen MR) is 168 cm³/mol. The topological polar surface area (TPSA) is 6.48 Å². The van der Waals surface area contributed by atoms with Crippen molar-refractivity contribution in [2.24, 2.45) is 0 Å². The molecule has 0 fully saturated rings. The smallest absolute Gasteiger partial charge is 0.0243 e. The molecule has 0 atom stereocenters. The summed E-state index contributed by atoms with van der Waals surface area (Å²) in [7, 11) is 0. The number of benzene rings is 5. The largest absolute Gasteiger partial charge is 0.291 e. The van der Waals surface area contributed by atoms with Crippen molar-refractivity contribution >= 4 is 0 Å². The van der Waals surface area contributed by atoms with Crippen LogP contribution in [0.1, 0.15) is 44.5 Å². The van der Waals surface area contributed by atoms with Gasteiger partial charge in [-0.1, -0.05) is 133 Å². The molecule has 0 aliphatic heterocycles. The zero-order chi connectivity index (χ0) is 27.6. The zero-order valence-corrected chi connectivity index (χ0v) is 23.8. The minimum absolute atomic E-state index is 0.925. The molecule has 0 unspecified atom stereocenters. The van der Waals surface area contributed by atoms with Gasteiger partial charge < -0.3 is 0 Å². The second kappa shape index (κ2) is 13.9. The van der Waals surface area contributed by atoms with Crippen molar-refractivity contribution in [2.45, 2.75) is 53.1 Å². The van der Waals surface area contributed by atoms with Gasteiger partial charge in [-0.3, -0.25) is 9.80 Å². The molecule has 0 bridgehead atoms. The molecule has 0 aliphatic carbocycles. The van der Waals surface area contributed by atoms with E-state index in [9.17, 15) is 0 Å². The quantitative estimate of drug-likeness (QED) is 0.161. The van der Waals surface area contributed by atoms with E-state index in [2.05, 4.69) is 157 Å². The van der Waals surface area contributed by atoms with Gasteiger partial charge in [0.25, 0.3) is 0 Å². The molecule has 202 valence electrons. The lowest BCUT2D eigenvalue weighted by Gasteiger charge is -2.26. The number of aryl methyl sites for hydroxylation is 2. The van der Waals surface area contributed by atoms with Crippen LogP contribution in [0.5, 0.6) is 0 Å². The lowest BCUT2D eigenvalue weighted by molar-refractivity contribution is 0.244. The molecular formula is C38H40N2. The first-order valence-electron chi connectivity index (χ1n) is 14.3. The van der Waals surface area contributed by atoms with E-state index in [1.165, 1.54) is 44.5 Å². The van der Waals surface area contributed by atoms with Crippen LogP contribution in [0.4, 0.5) is 0 Å². The first kappa shape index (κ1) is 27.6. The Balaban J connectivity index is 1.36. The van der Waals surface area contributed by atoms with Crippen LogP contribution in [0.3, 0.4) is 0 Å². The van der Waals surface area contributed by atoms with Crippen molar-refractivity contribution in [2.75, 3.05) is 0 Å². The minimum atomic E-state index is 0.925. The summed E-state index contributed by atoms with van der Waals surface area (Å²) in [5, 5.41) is 0. The van der Waals surface area contributed by atoms with E-state index in [-0.39, 0.29) is 0 Å². The SMILES string of the molecule is Cc1cc(CN(Cc2ccccc2)Cc2ccccc2)c(C)cc1CN(Cc1ccccc1)Cc1ccccc1. The molecule has 0 saturated carbocycles. The number of rotatable bonds is 12. The van der Waals surface area contributed by atoms with Crippen LogP contribution in [0.15, 0.2) is 133 Å². The molecule has 0 radical (unpaired) electrons. The molecule has 0 spiro atoms. The third kappa shape index (κ3) is 8.02. The van der Waals surface area contributed by atoms with Gasteiger partial charge in [0.15, 0.2) is 0 Å². The Morgan fingerprint density at radius 2 is 0.600 bits per heavy atom. The fourth-order valence-electron chi connectivity index (χ4n) is 5.46. The second-order valence-electron chi connectivity index (χ2n) is 10.9. The van der Waals surface area contributed by atoms with Gasteiger partial charge in [0, 0.05) is 39.3 Å². The molecule has 40 heavy (non-hydrogen) atoms. The summed E-state index contributed by atoms with van der Waals surface area (Å²) in [6.45, 7) is 10.1. The summed E-state index contributed by atoms with van der Waals surface area (Å²) in [5.74, 6) is 0. The number of hydrogen-bond acceptors (Lipinski definition) is 2. The molecular weight excluding hydrogens is 484 g/mol. The average Bonchev–Trinajstić information content (AvgIpc) is 2.98. The molecule has 2 nitrogen and oxygen atoms in total. The van der Waals surface area contributed by atoms with Crippen LogP contribution >= 0.6 is 0 Å². The Morgan fingerprint density at radius 1 is 0.350 bits per heavy atom.